The Labute approximate surface area is 193 Å². The first-order chi connectivity index (χ1) is 16.2. The minimum Gasteiger partial charge on any atom is -0.338 e. The first-order valence-electron chi connectivity index (χ1n) is 11.9. The quantitative estimate of drug-likeness (QED) is 0.484. The molecule has 1 atom stereocenters. The van der Waals surface area contributed by atoms with Crippen molar-refractivity contribution in [2.45, 2.75) is 38.6 Å². The summed E-state index contributed by atoms with van der Waals surface area (Å²) in [6.07, 6.45) is 3.95. The van der Waals surface area contributed by atoms with Crippen LogP contribution in [0.1, 0.15) is 37.6 Å². The summed E-state index contributed by atoms with van der Waals surface area (Å²) in [5.74, 6) is 2.31. The van der Waals surface area contributed by atoms with E-state index in [4.69, 9.17) is 4.98 Å². The Morgan fingerprint density at radius 2 is 1.79 bits per heavy atom. The molecule has 2 aromatic carbocycles. The second-order valence-corrected chi connectivity index (χ2v) is 9.32. The van der Waals surface area contributed by atoms with E-state index in [-0.39, 0.29) is 12.0 Å². The lowest BCUT2D eigenvalue weighted by atomic mass is 9.84. The first kappa shape index (κ1) is 20.1. The van der Waals surface area contributed by atoms with Gasteiger partial charge in [-0.2, -0.15) is 0 Å². The molecular weight excluding hydrogens is 412 g/mol. The average molecular weight is 441 g/mol. The van der Waals surface area contributed by atoms with E-state index in [1.165, 1.54) is 12.0 Å². The van der Waals surface area contributed by atoms with Crippen LogP contribution in [0.4, 0.5) is 5.95 Å². The molecule has 4 aromatic rings. The number of carbonyl (C=O) groups excluding carboxylic acids is 1. The van der Waals surface area contributed by atoms with Crippen LogP contribution >= 0.6 is 0 Å². The number of piperazine rings is 1. The molecule has 0 N–H and O–H groups in total. The van der Waals surface area contributed by atoms with Gasteiger partial charge in [-0.25, -0.2) is 9.38 Å². The van der Waals surface area contributed by atoms with Crippen molar-refractivity contribution in [1.29, 1.82) is 0 Å². The van der Waals surface area contributed by atoms with Crippen molar-refractivity contribution in [3.63, 3.8) is 0 Å². The van der Waals surface area contributed by atoms with Crippen molar-refractivity contribution < 1.29 is 4.79 Å². The summed E-state index contributed by atoms with van der Waals surface area (Å²) < 4.78 is 2.12. The van der Waals surface area contributed by atoms with Gasteiger partial charge in [-0.05, 0) is 37.5 Å². The number of hydrogen-bond acceptors (Lipinski definition) is 5. The van der Waals surface area contributed by atoms with Crippen LogP contribution < -0.4 is 4.90 Å². The lowest BCUT2D eigenvalue weighted by molar-refractivity contribution is -0.140. The van der Waals surface area contributed by atoms with E-state index >= 15 is 0 Å². The maximum atomic E-state index is 12.9. The standard InChI is InChI=1S/C26H28N6O/c1-18-17-30(14-15-31(18)25(33)20-10-7-11-20)26-27-22-13-6-5-12-21(22)24-29-28-23(32(24)26)16-19-8-3-2-4-9-19/h2-6,8-9,12-13,18,20H,7,10-11,14-17H2,1H3. The molecule has 1 unspecified atom stereocenters. The molecular formula is C26H28N6O. The van der Waals surface area contributed by atoms with Gasteiger partial charge >= 0.3 is 0 Å². The van der Waals surface area contributed by atoms with Crippen LogP contribution in [0.2, 0.25) is 0 Å². The number of anilines is 1. The lowest BCUT2D eigenvalue weighted by Gasteiger charge is -2.43. The molecule has 7 heteroatoms. The van der Waals surface area contributed by atoms with Crippen LogP contribution in [0.3, 0.4) is 0 Å². The summed E-state index contributed by atoms with van der Waals surface area (Å²) in [7, 11) is 0. The fourth-order valence-corrected chi connectivity index (χ4v) is 5.08. The molecule has 168 valence electrons. The van der Waals surface area contributed by atoms with Crippen molar-refractivity contribution in [3.05, 3.63) is 66.0 Å². The zero-order chi connectivity index (χ0) is 22.4. The number of benzene rings is 2. The molecule has 0 radical (unpaired) electrons. The summed E-state index contributed by atoms with van der Waals surface area (Å²) >= 11 is 0. The molecule has 7 nitrogen and oxygen atoms in total. The third-order valence-electron chi connectivity index (χ3n) is 7.15. The number of hydrogen-bond donors (Lipinski definition) is 0. The summed E-state index contributed by atoms with van der Waals surface area (Å²) in [6.45, 7) is 4.38. The van der Waals surface area contributed by atoms with Gasteiger partial charge in [0, 0.05) is 43.4 Å². The van der Waals surface area contributed by atoms with Gasteiger partial charge in [0.2, 0.25) is 11.9 Å². The topological polar surface area (TPSA) is 66.6 Å². The zero-order valence-electron chi connectivity index (χ0n) is 18.9. The number of carbonyl (C=O) groups is 1. The Hall–Kier alpha value is -3.48. The van der Waals surface area contributed by atoms with Gasteiger partial charge in [0.05, 0.1) is 5.52 Å². The molecule has 1 saturated carbocycles. The number of amides is 1. The first-order valence-corrected chi connectivity index (χ1v) is 11.9. The third-order valence-corrected chi connectivity index (χ3v) is 7.15. The number of para-hydroxylation sites is 1. The van der Waals surface area contributed by atoms with Crippen LogP contribution in [-0.2, 0) is 11.2 Å². The van der Waals surface area contributed by atoms with Crippen molar-refractivity contribution in [1.82, 2.24) is 24.5 Å². The van der Waals surface area contributed by atoms with Gasteiger partial charge in [0.25, 0.3) is 0 Å². The lowest BCUT2D eigenvalue weighted by Crippen LogP contribution is -2.56. The fraction of sp³-hybridized carbons (Fsp3) is 0.385. The van der Waals surface area contributed by atoms with E-state index in [2.05, 4.69) is 49.5 Å². The van der Waals surface area contributed by atoms with Gasteiger partial charge in [-0.15, -0.1) is 10.2 Å². The second-order valence-electron chi connectivity index (χ2n) is 9.32. The van der Waals surface area contributed by atoms with E-state index in [0.717, 1.165) is 60.8 Å². The Morgan fingerprint density at radius 1 is 1.00 bits per heavy atom. The van der Waals surface area contributed by atoms with Gasteiger partial charge in [-0.3, -0.25) is 4.79 Å². The molecule has 0 bridgehead atoms. The molecule has 33 heavy (non-hydrogen) atoms. The van der Waals surface area contributed by atoms with Gasteiger partial charge < -0.3 is 9.80 Å². The predicted molar refractivity (Wildman–Crippen MR) is 128 cm³/mol. The molecule has 2 aliphatic rings. The van der Waals surface area contributed by atoms with E-state index < -0.39 is 0 Å². The van der Waals surface area contributed by atoms with Gasteiger partial charge in [0.15, 0.2) is 5.65 Å². The Balaban J connectivity index is 1.39. The number of rotatable bonds is 4. The summed E-state index contributed by atoms with van der Waals surface area (Å²) in [6, 6.07) is 18.6. The Kier molecular flexibility index (Phi) is 4.97. The summed E-state index contributed by atoms with van der Waals surface area (Å²) in [4.78, 5) is 22.4. The molecule has 2 aromatic heterocycles. The summed E-state index contributed by atoms with van der Waals surface area (Å²) in [5.41, 5.74) is 2.94. The molecule has 3 heterocycles. The Morgan fingerprint density at radius 3 is 2.55 bits per heavy atom. The molecule has 0 spiro atoms. The van der Waals surface area contributed by atoms with E-state index in [0.29, 0.717) is 12.3 Å². The zero-order valence-corrected chi connectivity index (χ0v) is 18.9. The highest BCUT2D eigenvalue weighted by Crippen LogP contribution is 2.31. The summed E-state index contributed by atoms with van der Waals surface area (Å²) in [5, 5.41) is 10.2. The molecule has 2 fully saturated rings. The van der Waals surface area contributed by atoms with Crippen molar-refractivity contribution in [3.8, 4) is 0 Å². The maximum absolute atomic E-state index is 12.9. The largest absolute Gasteiger partial charge is 0.338 e. The van der Waals surface area contributed by atoms with Crippen molar-refractivity contribution >= 4 is 28.4 Å². The Bertz CT molecular complexity index is 1310. The molecule has 1 amide bonds. The second kappa shape index (κ2) is 8.14. The molecule has 6 rings (SSSR count). The SMILES string of the molecule is CC1CN(c2nc3ccccc3c3nnc(Cc4ccccc4)n23)CCN1C(=O)C1CCC1. The molecule has 1 saturated heterocycles. The van der Waals surface area contributed by atoms with E-state index in [1.54, 1.807) is 0 Å². The van der Waals surface area contributed by atoms with Crippen LogP contribution in [0, 0.1) is 5.92 Å². The highest BCUT2D eigenvalue weighted by atomic mass is 16.2. The molecule has 1 aliphatic carbocycles. The van der Waals surface area contributed by atoms with Crippen LogP contribution in [0.15, 0.2) is 54.6 Å². The fourth-order valence-electron chi connectivity index (χ4n) is 5.08. The highest BCUT2D eigenvalue weighted by molar-refractivity contribution is 5.92. The van der Waals surface area contributed by atoms with Crippen LogP contribution in [-0.4, -0.2) is 56.1 Å². The van der Waals surface area contributed by atoms with Gasteiger partial charge in [-0.1, -0.05) is 48.9 Å². The number of fused-ring (bicyclic) bond motifs is 3. The predicted octanol–water partition coefficient (Wildman–Crippen LogP) is 3.71. The van der Waals surface area contributed by atoms with E-state index in [9.17, 15) is 4.79 Å². The normalized spacial score (nSPS) is 19.2. The molecule has 1 aliphatic heterocycles. The minimum absolute atomic E-state index is 0.143. The average Bonchev–Trinajstić information content (AvgIpc) is 3.22. The van der Waals surface area contributed by atoms with Crippen LogP contribution in [0.25, 0.3) is 16.6 Å². The van der Waals surface area contributed by atoms with Crippen LogP contribution in [0.5, 0.6) is 0 Å². The van der Waals surface area contributed by atoms with Gasteiger partial charge in [0.1, 0.15) is 5.82 Å². The number of nitrogens with zero attached hydrogens (tertiary/aromatic N) is 6. The minimum atomic E-state index is 0.143. The highest BCUT2D eigenvalue weighted by Gasteiger charge is 2.35. The van der Waals surface area contributed by atoms with E-state index in [1.807, 2.05) is 36.4 Å². The smallest absolute Gasteiger partial charge is 0.226 e. The van der Waals surface area contributed by atoms with Crippen molar-refractivity contribution in [2.24, 2.45) is 5.92 Å². The third kappa shape index (κ3) is 3.52. The number of aromatic nitrogens is 4. The van der Waals surface area contributed by atoms with Crippen molar-refractivity contribution in [2.75, 3.05) is 24.5 Å². The maximum Gasteiger partial charge on any atom is 0.226 e. The monoisotopic (exact) mass is 440 g/mol.